The van der Waals surface area contributed by atoms with E-state index >= 15 is 0 Å². The smallest absolute Gasteiger partial charge is 0.164 e. The van der Waals surface area contributed by atoms with E-state index in [4.69, 9.17) is 4.74 Å². The lowest BCUT2D eigenvalue weighted by molar-refractivity contribution is -0.148. The molecule has 0 rings (SSSR count). The largest absolute Gasteiger partial charge is 0.367 e. The molecule has 0 saturated heterocycles. The van der Waals surface area contributed by atoms with Crippen molar-refractivity contribution in [3.8, 4) is 0 Å². The number of hydrogen-bond acceptors (Lipinski definition) is 2. The number of carbonyl (C=O) groups is 1. The third-order valence-electron chi connectivity index (χ3n) is 2.74. The maximum Gasteiger partial charge on any atom is 0.164 e. The van der Waals surface area contributed by atoms with Crippen molar-refractivity contribution >= 4 is 5.78 Å². The van der Waals surface area contributed by atoms with Crippen LogP contribution in [-0.4, -0.2) is 18.0 Å². The summed E-state index contributed by atoms with van der Waals surface area (Å²) < 4.78 is 5.70. The van der Waals surface area contributed by atoms with Crippen LogP contribution < -0.4 is 0 Å². The highest BCUT2D eigenvalue weighted by atomic mass is 16.5. The van der Waals surface area contributed by atoms with Gasteiger partial charge >= 0.3 is 0 Å². The summed E-state index contributed by atoms with van der Waals surface area (Å²) in [5, 5.41) is 0. The molecule has 0 amide bonds. The van der Waals surface area contributed by atoms with Crippen molar-refractivity contribution in [3.63, 3.8) is 0 Å². The molecule has 0 saturated carbocycles. The van der Waals surface area contributed by atoms with Gasteiger partial charge in [0.25, 0.3) is 0 Å². The van der Waals surface area contributed by atoms with Crippen LogP contribution >= 0.6 is 0 Å². The molecule has 0 aliphatic carbocycles. The van der Waals surface area contributed by atoms with Crippen molar-refractivity contribution in [2.75, 3.05) is 6.61 Å². The summed E-state index contributed by atoms with van der Waals surface area (Å²) in [6, 6.07) is 0. The second kappa shape index (κ2) is 6.18. The van der Waals surface area contributed by atoms with Crippen molar-refractivity contribution in [2.24, 2.45) is 5.92 Å². The maximum atomic E-state index is 11.9. The minimum absolute atomic E-state index is 0.239. The molecule has 2 nitrogen and oxygen atoms in total. The minimum Gasteiger partial charge on any atom is -0.367 e. The van der Waals surface area contributed by atoms with Gasteiger partial charge in [0.15, 0.2) is 5.78 Å². The number of ether oxygens (including phenoxy) is 1. The SMILES string of the molecule is CCCOC(C)(C(=O)CCC)C(C)C. The van der Waals surface area contributed by atoms with Crippen molar-refractivity contribution in [3.05, 3.63) is 0 Å². The van der Waals surface area contributed by atoms with E-state index < -0.39 is 5.60 Å². The molecule has 1 unspecified atom stereocenters. The summed E-state index contributed by atoms with van der Waals surface area (Å²) in [7, 11) is 0. The first-order valence-corrected chi connectivity index (χ1v) is 5.66. The second-order valence-electron chi connectivity index (χ2n) is 4.28. The van der Waals surface area contributed by atoms with Crippen LogP contribution in [0.25, 0.3) is 0 Å². The van der Waals surface area contributed by atoms with Gasteiger partial charge in [-0.05, 0) is 25.7 Å². The zero-order valence-electron chi connectivity index (χ0n) is 10.2. The van der Waals surface area contributed by atoms with Crippen LogP contribution in [0.3, 0.4) is 0 Å². The van der Waals surface area contributed by atoms with Crippen molar-refractivity contribution in [1.82, 2.24) is 0 Å². The van der Waals surface area contributed by atoms with E-state index in [1.54, 1.807) is 0 Å². The predicted octanol–water partition coefficient (Wildman–Crippen LogP) is 3.20. The average molecular weight is 200 g/mol. The highest BCUT2D eigenvalue weighted by molar-refractivity contribution is 5.87. The topological polar surface area (TPSA) is 26.3 Å². The van der Waals surface area contributed by atoms with Gasteiger partial charge in [-0.3, -0.25) is 4.79 Å². The third-order valence-corrected chi connectivity index (χ3v) is 2.74. The lowest BCUT2D eigenvalue weighted by Crippen LogP contribution is -2.43. The fourth-order valence-corrected chi connectivity index (χ4v) is 1.36. The Labute approximate surface area is 88.0 Å². The Morgan fingerprint density at radius 2 is 1.86 bits per heavy atom. The molecule has 0 bridgehead atoms. The summed E-state index contributed by atoms with van der Waals surface area (Å²) in [5.74, 6) is 0.483. The number of hydrogen-bond donors (Lipinski definition) is 0. The second-order valence-corrected chi connectivity index (χ2v) is 4.28. The van der Waals surface area contributed by atoms with E-state index in [2.05, 4.69) is 6.92 Å². The van der Waals surface area contributed by atoms with Crippen LogP contribution in [0.15, 0.2) is 0 Å². The van der Waals surface area contributed by atoms with Gasteiger partial charge in [0.05, 0.1) is 0 Å². The van der Waals surface area contributed by atoms with Crippen LogP contribution in [0.4, 0.5) is 0 Å². The summed E-state index contributed by atoms with van der Waals surface area (Å²) >= 11 is 0. The lowest BCUT2D eigenvalue weighted by Gasteiger charge is -2.32. The Hall–Kier alpha value is -0.370. The zero-order valence-corrected chi connectivity index (χ0v) is 10.2. The first-order chi connectivity index (χ1) is 6.49. The maximum absolute atomic E-state index is 11.9. The van der Waals surface area contributed by atoms with Gasteiger partial charge in [-0.1, -0.05) is 27.7 Å². The molecule has 14 heavy (non-hydrogen) atoms. The first-order valence-electron chi connectivity index (χ1n) is 5.66. The molecule has 0 aromatic heterocycles. The van der Waals surface area contributed by atoms with Gasteiger partial charge in [0, 0.05) is 13.0 Å². The molecule has 0 aromatic carbocycles. The van der Waals surface area contributed by atoms with Crippen LogP contribution in [-0.2, 0) is 9.53 Å². The third kappa shape index (κ3) is 3.41. The molecule has 0 heterocycles. The Balaban J connectivity index is 4.45. The highest BCUT2D eigenvalue weighted by Gasteiger charge is 2.36. The van der Waals surface area contributed by atoms with Gasteiger partial charge in [-0.2, -0.15) is 0 Å². The molecule has 0 aliphatic rings. The van der Waals surface area contributed by atoms with Gasteiger partial charge < -0.3 is 4.74 Å². The van der Waals surface area contributed by atoms with Gasteiger partial charge in [-0.15, -0.1) is 0 Å². The van der Waals surface area contributed by atoms with Gasteiger partial charge in [0.1, 0.15) is 5.60 Å². The van der Waals surface area contributed by atoms with Crippen LogP contribution in [0.2, 0.25) is 0 Å². The van der Waals surface area contributed by atoms with E-state index in [1.807, 2.05) is 27.7 Å². The fourth-order valence-electron chi connectivity index (χ4n) is 1.36. The average Bonchev–Trinajstić information content (AvgIpc) is 2.14. The molecule has 0 aliphatic heterocycles. The fraction of sp³-hybridized carbons (Fsp3) is 0.917. The Morgan fingerprint density at radius 1 is 1.29 bits per heavy atom. The van der Waals surface area contributed by atoms with Crippen LogP contribution in [0.1, 0.15) is 53.9 Å². The van der Waals surface area contributed by atoms with Crippen molar-refractivity contribution in [1.29, 1.82) is 0 Å². The number of rotatable bonds is 7. The Bertz CT molecular complexity index is 175. The van der Waals surface area contributed by atoms with E-state index in [0.29, 0.717) is 13.0 Å². The summed E-state index contributed by atoms with van der Waals surface area (Å²) in [5.41, 5.74) is -0.577. The van der Waals surface area contributed by atoms with E-state index in [1.165, 1.54) is 0 Å². The molecule has 0 aromatic rings. The molecular weight excluding hydrogens is 176 g/mol. The summed E-state index contributed by atoms with van der Waals surface area (Å²) in [6.45, 7) is 10.8. The molecule has 0 spiro atoms. The zero-order chi connectivity index (χ0) is 11.2. The van der Waals surface area contributed by atoms with Crippen LogP contribution in [0, 0.1) is 5.92 Å². The van der Waals surface area contributed by atoms with Gasteiger partial charge in [0.2, 0.25) is 0 Å². The number of carbonyl (C=O) groups excluding carboxylic acids is 1. The molecule has 84 valence electrons. The van der Waals surface area contributed by atoms with E-state index in [0.717, 1.165) is 12.8 Å². The molecule has 0 fully saturated rings. The molecule has 2 heteroatoms. The van der Waals surface area contributed by atoms with Crippen LogP contribution in [0.5, 0.6) is 0 Å². The molecule has 1 atom stereocenters. The van der Waals surface area contributed by atoms with E-state index in [-0.39, 0.29) is 11.7 Å². The summed E-state index contributed by atoms with van der Waals surface area (Å²) in [6.07, 6.45) is 2.48. The lowest BCUT2D eigenvalue weighted by atomic mass is 9.86. The first kappa shape index (κ1) is 13.6. The minimum atomic E-state index is -0.577. The van der Waals surface area contributed by atoms with Gasteiger partial charge in [-0.25, -0.2) is 0 Å². The quantitative estimate of drug-likeness (QED) is 0.631. The normalized spacial score (nSPS) is 15.6. The molecular formula is C12H24O2. The van der Waals surface area contributed by atoms with Crippen molar-refractivity contribution in [2.45, 2.75) is 59.5 Å². The highest BCUT2D eigenvalue weighted by Crippen LogP contribution is 2.24. The number of ketones is 1. The molecule has 0 N–H and O–H groups in total. The summed E-state index contributed by atoms with van der Waals surface area (Å²) in [4.78, 5) is 11.9. The number of Topliss-reactive ketones (excluding diaryl/α,β-unsaturated/α-hetero) is 1. The monoisotopic (exact) mass is 200 g/mol. The predicted molar refractivity (Wildman–Crippen MR) is 59.4 cm³/mol. The Kier molecular flexibility index (Phi) is 6.01. The van der Waals surface area contributed by atoms with Crippen molar-refractivity contribution < 1.29 is 9.53 Å². The Morgan fingerprint density at radius 3 is 2.21 bits per heavy atom. The van der Waals surface area contributed by atoms with E-state index in [9.17, 15) is 4.79 Å². The molecule has 0 radical (unpaired) electrons. The standard InChI is InChI=1S/C12H24O2/c1-6-8-11(13)12(5,10(3)4)14-9-7-2/h10H,6-9H2,1-5H3.